The lowest BCUT2D eigenvalue weighted by Gasteiger charge is -2.09. The number of aryl methyl sites for hydroxylation is 3. The highest BCUT2D eigenvalue weighted by atomic mass is 79.9. The first-order valence-corrected chi connectivity index (χ1v) is 8.10. The maximum absolute atomic E-state index is 12.6. The van der Waals surface area contributed by atoms with Gasteiger partial charge in [0.2, 0.25) is 0 Å². The molecule has 0 bridgehead atoms. The van der Waals surface area contributed by atoms with Gasteiger partial charge in [-0.1, -0.05) is 0 Å². The Bertz CT molecular complexity index is 927. The number of hydrogen-bond donors (Lipinski definition) is 0. The van der Waals surface area contributed by atoms with Crippen LogP contribution in [0.2, 0.25) is 0 Å². The molecule has 2 heterocycles. The van der Waals surface area contributed by atoms with E-state index in [-0.39, 0.29) is 5.56 Å². The van der Waals surface area contributed by atoms with Gasteiger partial charge >= 0.3 is 0 Å². The van der Waals surface area contributed by atoms with Crippen LogP contribution in [0, 0.1) is 20.8 Å². The summed E-state index contributed by atoms with van der Waals surface area (Å²) in [5.41, 5.74) is 2.45. The fourth-order valence-electron chi connectivity index (χ4n) is 2.42. The zero-order chi connectivity index (χ0) is 15.3. The minimum atomic E-state index is -0.0514. The van der Waals surface area contributed by atoms with Crippen molar-refractivity contribution in [3.8, 4) is 11.5 Å². The van der Waals surface area contributed by atoms with Crippen LogP contribution in [0.5, 0.6) is 0 Å². The van der Waals surface area contributed by atoms with Crippen molar-refractivity contribution in [3.05, 3.63) is 42.4 Å². The molecule has 0 amide bonds. The molecular weight excluding hydrogens is 350 g/mol. The van der Waals surface area contributed by atoms with Gasteiger partial charge in [-0.25, -0.2) is 9.97 Å². The number of benzene rings is 1. The normalized spacial score (nSPS) is 11.3. The minimum Gasteiger partial charge on any atom is -0.294 e. The third-order valence-corrected chi connectivity index (χ3v) is 4.88. The molecule has 0 spiro atoms. The van der Waals surface area contributed by atoms with Gasteiger partial charge in [-0.2, -0.15) is 0 Å². The van der Waals surface area contributed by atoms with Crippen molar-refractivity contribution in [1.29, 1.82) is 0 Å². The van der Waals surface area contributed by atoms with Crippen molar-refractivity contribution in [2.24, 2.45) is 7.05 Å². The number of hydrogen-bond acceptors (Lipinski definition) is 4. The molecule has 0 N–H and O–H groups in total. The van der Waals surface area contributed by atoms with Crippen LogP contribution >= 0.6 is 27.3 Å². The van der Waals surface area contributed by atoms with E-state index >= 15 is 0 Å². The average Bonchev–Trinajstić information content (AvgIpc) is 2.73. The first kappa shape index (κ1) is 14.4. The Balaban J connectivity index is 2.43. The molecule has 1 aromatic carbocycles. The van der Waals surface area contributed by atoms with Crippen LogP contribution in [-0.2, 0) is 7.05 Å². The van der Waals surface area contributed by atoms with E-state index in [0.717, 1.165) is 25.6 Å². The Morgan fingerprint density at radius 3 is 2.52 bits per heavy atom. The lowest BCUT2D eigenvalue weighted by molar-refractivity contribution is 0.849. The van der Waals surface area contributed by atoms with Crippen LogP contribution in [0.25, 0.3) is 22.4 Å². The van der Waals surface area contributed by atoms with E-state index in [0.29, 0.717) is 16.7 Å². The number of fused-ring (bicyclic) bond motifs is 1. The summed E-state index contributed by atoms with van der Waals surface area (Å²) >= 11 is 5.12. The van der Waals surface area contributed by atoms with Gasteiger partial charge in [0.1, 0.15) is 5.69 Å². The number of rotatable bonds is 1. The van der Waals surface area contributed by atoms with Crippen LogP contribution in [0.1, 0.15) is 15.4 Å². The lowest BCUT2D eigenvalue weighted by Crippen LogP contribution is -2.20. The Morgan fingerprint density at radius 2 is 1.90 bits per heavy atom. The molecule has 4 nitrogen and oxygen atoms in total. The van der Waals surface area contributed by atoms with E-state index < -0.39 is 0 Å². The summed E-state index contributed by atoms with van der Waals surface area (Å²) in [6.07, 6.45) is 0. The Labute approximate surface area is 134 Å². The molecule has 0 atom stereocenters. The van der Waals surface area contributed by atoms with Crippen LogP contribution in [0.3, 0.4) is 0 Å². The standard InChI is InChI=1S/C15H14BrN3OS/c1-7-5-10-13(11(16)6-7)18-14(19(4)15(10)20)12-8(2)21-9(3)17-12/h5-6H,1-4H3. The highest BCUT2D eigenvalue weighted by Crippen LogP contribution is 2.28. The largest absolute Gasteiger partial charge is 0.294 e. The molecule has 0 radical (unpaired) electrons. The summed E-state index contributed by atoms with van der Waals surface area (Å²) in [6, 6.07) is 3.84. The number of thiazole rings is 1. The van der Waals surface area contributed by atoms with Crippen molar-refractivity contribution in [1.82, 2.24) is 14.5 Å². The molecule has 0 saturated heterocycles. The zero-order valence-electron chi connectivity index (χ0n) is 12.2. The van der Waals surface area contributed by atoms with Gasteiger partial charge in [0, 0.05) is 16.4 Å². The summed E-state index contributed by atoms with van der Waals surface area (Å²) in [7, 11) is 1.74. The molecule has 0 fully saturated rings. The molecule has 3 rings (SSSR count). The van der Waals surface area contributed by atoms with Gasteiger partial charge in [0.25, 0.3) is 5.56 Å². The smallest absolute Gasteiger partial charge is 0.261 e. The highest BCUT2D eigenvalue weighted by Gasteiger charge is 2.16. The molecule has 0 saturated carbocycles. The van der Waals surface area contributed by atoms with E-state index in [1.165, 1.54) is 0 Å². The Morgan fingerprint density at radius 1 is 1.19 bits per heavy atom. The summed E-state index contributed by atoms with van der Waals surface area (Å²) in [5.74, 6) is 0.610. The molecule has 108 valence electrons. The summed E-state index contributed by atoms with van der Waals surface area (Å²) in [5, 5.41) is 1.59. The summed E-state index contributed by atoms with van der Waals surface area (Å²) in [4.78, 5) is 22.9. The second kappa shape index (κ2) is 5.03. The van der Waals surface area contributed by atoms with Crippen LogP contribution in [-0.4, -0.2) is 14.5 Å². The van der Waals surface area contributed by atoms with Gasteiger partial charge in [-0.05, 0) is 54.4 Å². The second-order valence-corrected chi connectivity index (χ2v) is 7.34. The summed E-state index contributed by atoms with van der Waals surface area (Å²) in [6.45, 7) is 5.92. The molecular formula is C15H14BrN3OS. The maximum Gasteiger partial charge on any atom is 0.261 e. The molecule has 0 aliphatic carbocycles. The van der Waals surface area contributed by atoms with Crippen LogP contribution in [0.15, 0.2) is 21.4 Å². The van der Waals surface area contributed by atoms with Gasteiger partial charge in [0.15, 0.2) is 5.82 Å². The Hall–Kier alpha value is -1.53. The van der Waals surface area contributed by atoms with Gasteiger partial charge in [0.05, 0.1) is 15.9 Å². The van der Waals surface area contributed by atoms with Gasteiger partial charge < -0.3 is 0 Å². The van der Waals surface area contributed by atoms with E-state index in [1.807, 2.05) is 32.9 Å². The maximum atomic E-state index is 12.6. The molecule has 0 unspecified atom stereocenters. The second-order valence-electron chi connectivity index (χ2n) is 5.08. The molecule has 3 aromatic rings. The van der Waals surface area contributed by atoms with E-state index in [1.54, 1.807) is 23.0 Å². The first-order chi connectivity index (χ1) is 9.88. The molecule has 0 aliphatic heterocycles. The van der Waals surface area contributed by atoms with Gasteiger partial charge in [-0.15, -0.1) is 11.3 Å². The predicted octanol–water partition coefficient (Wildman–Crippen LogP) is 3.74. The molecule has 6 heteroatoms. The number of nitrogens with zero attached hydrogens (tertiary/aromatic N) is 3. The third kappa shape index (κ3) is 2.32. The molecule has 21 heavy (non-hydrogen) atoms. The van der Waals surface area contributed by atoms with Crippen LogP contribution < -0.4 is 5.56 Å². The molecule has 2 aromatic heterocycles. The van der Waals surface area contributed by atoms with Crippen LogP contribution in [0.4, 0.5) is 0 Å². The van der Waals surface area contributed by atoms with E-state index in [9.17, 15) is 4.79 Å². The fourth-order valence-corrected chi connectivity index (χ4v) is 3.89. The lowest BCUT2D eigenvalue weighted by atomic mass is 10.1. The minimum absolute atomic E-state index is 0.0514. The SMILES string of the molecule is Cc1cc(Br)c2nc(-c3nc(C)sc3C)n(C)c(=O)c2c1. The van der Waals surface area contributed by atoms with Crippen molar-refractivity contribution in [2.75, 3.05) is 0 Å². The number of halogens is 1. The van der Waals surface area contributed by atoms with Gasteiger partial charge in [-0.3, -0.25) is 9.36 Å². The van der Waals surface area contributed by atoms with Crippen molar-refractivity contribution < 1.29 is 0 Å². The van der Waals surface area contributed by atoms with Crippen molar-refractivity contribution >= 4 is 38.2 Å². The number of aromatic nitrogens is 3. The molecule has 0 aliphatic rings. The average molecular weight is 364 g/mol. The van der Waals surface area contributed by atoms with E-state index in [4.69, 9.17) is 0 Å². The van der Waals surface area contributed by atoms with Crippen molar-refractivity contribution in [2.45, 2.75) is 20.8 Å². The Kier molecular flexibility index (Phi) is 3.45. The topological polar surface area (TPSA) is 47.8 Å². The third-order valence-electron chi connectivity index (χ3n) is 3.39. The van der Waals surface area contributed by atoms with E-state index in [2.05, 4.69) is 25.9 Å². The predicted molar refractivity (Wildman–Crippen MR) is 90.0 cm³/mol. The highest BCUT2D eigenvalue weighted by molar-refractivity contribution is 9.10. The zero-order valence-corrected chi connectivity index (χ0v) is 14.6. The summed E-state index contributed by atoms with van der Waals surface area (Å²) < 4.78 is 2.41. The monoisotopic (exact) mass is 363 g/mol. The first-order valence-electron chi connectivity index (χ1n) is 6.49. The van der Waals surface area contributed by atoms with Crippen molar-refractivity contribution in [3.63, 3.8) is 0 Å². The quantitative estimate of drug-likeness (QED) is 0.661. The fraction of sp³-hybridized carbons (Fsp3) is 0.267.